The zero-order valence-electron chi connectivity index (χ0n) is 22.7. The summed E-state index contributed by atoms with van der Waals surface area (Å²) in [6.45, 7) is 5.69. The Morgan fingerprint density at radius 2 is 1.95 bits per heavy atom. The molecule has 11 heteroatoms. The molecule has 1 aromatic heterocycles. The quantitative estimate of drug-likeness (QED) is 0.202. The molecular weight excluding hydrogens is 758 g/mol. The van der Waals surface area contributed by atoms with Crippen LogP contribution in [0.4, 0.5) is 11.5 Å². The molecule has 0 radical (unpaired) electrons. The zero-order valence-corrected chi connectivity index (χ0v) is 27.8. The highest BCUT2D eigenvalue weighted by atomic mass is 127. The van der Waals surface area contributed by atoms with E-state index >= 15 is 0 Å². The van der Waals surface area contributed by atoms with Crippen LogP contribution in [0.3, 0.4) is 0 Å². The van der Waals surface area contributed by atoms with Crippen LogP contribution >= 0.6 is 57.1 Å². The largest absolute Gasteiger partial charge is 0.497 e. The lowest BCUT2D eigenvalue weighted by Crippen LogP contribution is -2.44. The molecule has 1 N–H and O–H groups in total. The van der Waals surface area contributed by atoms with E-state index in [1.165, 1.54) is 0 Å². The minimum absolute atomic E-state index is 0.199. The van der Waals surface area contributed by atoms with Crippen molar-refractivity contribution in [2.45, 2.75) is 32.2 Å². The number of amides is 2. The van der Waals surface area contributed by atoms with Crippen LogP contribution in [-0.2, 0) is 16.0 Å². The van der Waals surface area contributed by atoms with Crippen LogP contribution in [0.1, 0.15) is 39.9 Å². The monoisotopic (exact) mass is 788 g/mol. The van der Waals surface area contributed by atoms with E-state index in [2.05, 4.69) is 65.8 Å². The molecule has 8 nitrogen and oxygen atoms in total. The summed E-state index contributed by atoms with van der Waals surface area (Å²) in [5.74, 6) is 0.516. The smallest absolute Gasteiger partial charge is 0.251 e. The molecule has 0 unspecified atom stereocenters. The van der Waals surface area contributed by atoms with Crippen molar-refractivity contribution in [2.75, 3.05) is 41.9 Å². The molecule has 40 heavy (non-hydrogen) atoms. The van der Waals surface area contributed by atoms with Crippen LogP contribution < -0.4 is 18.1 Å². The normalized spacial score (nSPS) is 16.8. The average Bonchev–Trinajstić information content (AvgIpc) is 3.25. The standard InChI is InChI=1S/C29H31ClI2N4O4/c1-5-21-24(36(32)12-13-39-3)10-11-33-27(21)35-16-22(25-17(2)14-20(40-4)15-23(25)31)26(29(35)38)34-28(37)18-6-8-19(30)9-7-18/h6-11,14-15,22,26H,5,12-13,16H2,1-4H3,(H,34,37)/t22-,26-/m0/s1. The average molecular weight is 789 g/mol. The number of rotatable bonds is 10. The van der Waals surface area contributed by atoms with Gasteiger partial charge in [-0.15, -0.1) is 0 Å². The van der Waals surface area contributed by atoms with E-state index in [4.69, 9.17) is 21.1 Å². The van der Waals surface area contributed by atoms with Gasteiger partial charge in [0.2, 0.25) is 0 Å². The third-order valence-corrected chi connectivity index (χ3v) is 9.14. The topological polar surface area (TPSA) is 84.0 Å². The van der Waals surface area contributed by atoms with E-state index in [-0.39, 0.29) is 17.7 Å². The summed E-state index contributed by atoms with van der Waals surface area (Å²) in [5, 5.41) is 3.57. The lowest BCUT2D eigenvalue weighted by molar-refractivity contribution is -0.118. The Bertz CT molecular complexity index is 1370. The van der Waals surface area contributed by atoms with Crippen molar-refractivity contribution >= 4 is 80.4 Å². The number of carbonyl (C=O) groups excluding carboxylic acids is 2. The molecular formula is C29H31ClI2N4O4. The van der Waals surface area contributed by atoms with Crippen LogP contribution in [0.25, 0.3) is 0 Å². The van der Waals surface area contributed by atoms with Gasteiger partial charge in [0, 0.05) is 45.5 Å². The molecule has 212 valence electrons. The SMILES string of the molecule is CCc1c(N(I)CCOC)ccnc1N1C[C@@H](c2c(C)cc(OC)cc2I)[C@H](NC(=O)c2ccc(Cl)cc2)C1=O. The first kappa shape index (κ1) is 30.8. The maximum atomic E-state index is 14.2. The van der Waals surface area contributed by atoms with Crippen molar-refractivity contribution in [1.29, 1.82) is 0 Å². The molecule has 1 aliphatic rings. The number of aryl methyl sites for hydroxylation is 1. The fraction of sp³-hybridized carbons (Fsp3) is 0.345. The van der Waals surface area contributed by atoms with E-state index in [1.807, 2.05) is 25.1 Å². The Hall–Kier alpha value is -2.16. The van der Waals surface area contributed by atoms with Gasteiger partial charge in [0.15, 0.2) is 0 Å². The molecule has 2 heterocycles. The van der Waals surface area contributed by atoms with Crippen molar-refractivity contribution in [3.05, 3.63) is 79.5 Å². The summed E-state index contributed by atoms with van der Waals surface area (Å²) in [6.07, 6.45) is 2.41. The van der Waals surface area contributed by atoms with Gasteiger partial charge < -0.3 is 17.9 Å². The van der Waals surface area contributed by atoms with Gasteiger partial charge in [-0.05, 0) is 89.5 Å². The number of pyridine rings is 1. The Balaban J connectivity index is 1.77. The van der Waals surface area contributed by atoms with Crippen molar-refractivity contribution < 1.29 is 19.1 Å². The zero-order chi connectivity index (χ0) is 29.0. The number of anilines is 2. The third kappa shape index (κ3) is 6.50. The van der Waals surface area contributed by atoms with Crippen molar-refractivity contribution in [2.24, 2.45) is 0 Å². The van der Waals surface area contributed by atoms with E-state index < -0.39 is 6.04 Å². The molecule has 1 aliphatic heterocycles. The number of carbonyl (C=O) groups is 2. The number of halogens is 3. The number of benzene rings is 2. The predicted molar refractivity (Wildman–Crippen MR) is 175 cm³/mol. The molecule has 2 atom stereocenters. The first-order chi connectivity index (χ1) is 19.2. The summed E-state index contributed by atoms with van der Waals surface area (Å²) < 4.78 is 13.8. The number of aromatic nitrogens is 1. The van der Waals surface area contributed by atoms with Gasteiger partial charge in [-0.25, -0.2) is 4.98 Å². The van der Waals surface area contributed by atoms with Gasteiger partial charge in [0.1, 0.15) is 17.6 Å². The summed E-state index contributed by atoms with van der Waals surface area (Å²) in [4.78, 5) is 33.9. The predicted octanol–water partition coefficient (Wildman–Crippen LogP) is 5.95. The van der Waals surface area contributed by atoms with Crippen LogP contribution in [0.15, 0.2) is 48.7 Å². The van der Waals surface area contributed by atoms with Gasteiger partial charge in [-0.3, -0.25) is 14.5 Å². The molecule has 0 aliphatic carbocycles. The van der Waals surface area contributed by atoms with Gasteiger partial charge in [-0.2, -0.15) is 0 Å². The highest BCUT2D eigenvalue weighted by Crippen LogP contribution is 2.40. The molecule has 1 saturated heterocycles. The number of ether oxygens (including phenoxy) is 2. The summed E-state index contributed by atoms with van der Waals surface area (Å²) in [7, 11) is 3.31. The Morgan fingerprint density at radius 3 is 2.58 bits per heavy atom. The summed E-state index contributed by atoms with van der Waals surface area (Å²) in [5.41, 5.74) is 4.38. The number of nitrogens with one attached hydrogen (secondary N) is 1. The van der Waals surface area contributed by atoms with Crippen LogP contribution in [-0.4, -0.2) is 56.8 Å². The van der Waals surface area contributed by atoms with Crippen LogP contribution in [0, 0.1) is 10.5 Å². The number of methoxy groups -OCH3 is 2. The molecule has 2 amide bonds. The van der Waals surface area contributed by atoms with Gasteiger partial charge in [0.25, 0.3) is 11.8 Å². The second-order valence-corrected chi connectivity index (χ2v) is 12.2. The summed E-state index contributed by atoms with van der Waals surface area (Å²) >= 11 is 10.6. The second-order valence-electron chi connectivity index (χ2n) is 9.42. The minimum atomic E-state index is -0.789. The van der Waals surface area contributed by atoms with Crippen LogP contribution in [0.5, 0.6) is 5.75 Å². The highest BCUT2D eigenvalue weighted by molar-refractivity contribution is 14.1. The van der Waals surface area contributed by atoms with E-state index in [0.29, 0.717) is 42.5 Å². The lowest BCUT2D eigenvalue weighted by Gasteiger charge is -2.25. The molecule has 0 bridgehead atoms. The van der Waals surface area contributed by atoms with Crippen LogP contribution in [0.2, 0.25) is 5.02 Å². The van der Waals surface area contributed by atoms with E-state index in [1.54, 1.807) is 49.6 Å². The molecule has 0 saturated carbocycles. The second kappa shape index (κ2) is 13.7. The molecule has 4 rings (SSSR count). The Labute approximate surface area is 267 Å². The molecule has 3 aromatic rings. The first-order valence-corrected chi connectivity index (χ1v) is 15.2. The highest BCUT2D eigenvalue weighted by Gasteiger charge is 2.45. The van der Waals surface area contributed by atoms with Crippen molar-refractivity contribution in [3.8, 4) is 5.75 Å². The lowest BCUT2D eigenvalue weighted by atomic mass is 9.90. The third-order valence-electron chi connectivity index (χ3n) is 6.99. The Kier molecular flexibility index (Phi) is 10.5. The molecule has 1 fully saturated rings. The number of hydrogen-bond donors (Lipinski definition) is 1. The first-order valence-electron chi connectivity index (χ1n) is 12.8. The molecule has 0 spiro atoms. The maximum absolute atomic E-state index is 14.2. The Morgan fingerprint density at radius 1 is 1.23 bits per heavy atom. The minimum Gasteiger partial charge on any atom is -0.497 e. The van der Waals surface area contributed by atoms with E-state index in [0.717, 1.165) is 31.7 Å². The molecule has 2 aromatic carbocycles. The van der Waals surface area contributed by atoms with Gasteiger partial charge in [-0.1, -0.05) is 18.5 Å². The number of hydrogen-bond acceptors (Lipinski definition) is 6. The fourth-order valence-corrected chi connectivity index (χ4v) is 6.95. The number of nitrogens with zero attached hydrogens (tertiary/aromatic N) is 3. The van der Waals surface area contributed by atoms with Gasteiger partial charge in [0.05, 0.1) is 48.8 Å². The van der Waals surface area contributed by atoms with Gasteiger partial charge >= 0.3 is 0 Å². The van der Waals surface area contributed by atoms with Crippen molar-refractivity contribution in [1.82, 2.24) is 10.3 Å². The summed E-state index contributed by atoms with van der Waals surface area (Å²) in [6, 6.07) is 11.7. The van der Waals surface area contributed by atoms with Crippen molar-refractivity contribution in [3.63, 3.8) is 0 Å². The maximum Gasteiger partial charge on any atom is 0.251 e. The van der Waals surface area contributed by atoms with E-state index in [9.17, 15) is 9.59 Å². The fourth-order valence-electron chi connectivity index (χ4n) is 5.04.